The summed E-state index contributed by atoms with van der Waals surface area (Å²) in [5.74, 6) is 0.0288. The molecule has 5 nitrogen and oxygen atoms in total. The molecule has 0 saturated carbocycles. The van der Waals surface area contributed by atoms with Crippen molar-refractivity contribution in [3.63, 3.8) is 0 Å². The van der Waals surface area contributed by atoms with Crippen molar-refractivity contribution in [1.82, 2.24) is 10.3 Å². The molecular formula is C15H22N2O3S. The molecule has 0 aliphatic carbocycles. The summed E-state index contributed by atoms with van der Waals surface area (Å²) in [5.41, 5.74) is 0.0926. The van der Waals surface area contributed by atoms with Crippen LogP contribution in [0.2, 0.25) is 0 Å². The summed E-state index contributed by atoms with van der Waals surface area (Å²) in [5, 5.41) is 3.52. The first-order valence-electron chi connectivity index (χ1n) is 6.82. The highest BCUT2D eigenvalue weighted by Crippen LogP contribution is 2.12. The molecule has 0 aromatic carbocycles. The second-order valence-corrected chi connectivity index (χ2v) is 6.37. The molecule has 0 aliphatic rings. The summed E-state index contributed by atoms with van der Waals surface area (Å²) in [7, 11) is 0. The number of hydrogen-bond donors (Lipinski definition) is 1. The van der Waals surface area contributed by atoms with Crippen LogP contribution in [-0.2, 0) is 4.74 Å². The predicted octanol–water partition coefficient (Wildman–Crippen LogP) is 3.29. The van der Waals surface area contributed by atoms with Gasteiger partial charge >= 0.3 is 6.09 Å². The molecule has 0 bridgehead atoms. The van der Waals surface area contributed by atoms with Crippen LogP contribution >= 0.6 is 11.8 Å². The highest BCUT2D eigenvalue weighted by molar-refractivity contribution is 7.98. The lowest BCUT2D eigenvalue weighted by Gasteiger charge is -2.19. The Morgan fingerprint density at radius 2 is 2.05 bits per heavy atom. The van der Waals surface area contributed by atoms with Crippen LogP contribution in [0.1, 0.15) is 44.0 Å². The molecule has 21 heavy (non-hydrogen) atoms. The zero-order valence-corrected chi connectivity index (χ0v) is 13.8. The summed E-state index contributed by atoms with van der Waals surface area (Å²) < 4.78 is 5.11. The molecule has 6 heteroatoms. The highest BCUT2D eigenvalue weighted by Gasteiger charge is 2.15. The Kier molecular flexibility index (Phi) is 6.68. The van der Waals surface area contributed by atoms with Gasteiger partial charge in [-0.05, 0) is 45.6 Å². The van der Waals surface area contributed by atoms with E-state index in [1.54, 1.807) is 33.0 Å². The van der Waals surface area contributed by atoms with E-state index in [0.29, 0.717) is 24.9 Å². The lowest BCUT2D eigenvalue weighted by atomic mass is 10.1. The normalized spacial score (nSPS) is 11.0. The van der Waals surface area contributed by atoms with Crippen molar-refractivity contribution in [3.05, 3.63) is 23.9 Å². The maximum Gasteiger partial charge on any atom is 0.407 e. The number of nitrogens with one attached hydrogen (secondary N) is 1. The summed E-state index contributed by atoms with van der Waals surface area (Å²) in [6.07, 6.45) is 4.01. The van der Waals surface area contributed by atoms with E-state index in [2.05, 4.69) is 10.3 Å². The van der Waals surface area contributed by atoms with E-state index in [0.717, 1.165) is 5.03 Å². The van der Waals surface area contributed by atoms with Gasteiger partial charge in [0.15, 0.2) is 5.78 Å². The minimum Gasteiger partial charge on any atom is -0.444 e. The van der Waals surface area contributed by atoms with Gasteiger partial charge in [-0.2, -0.15) is 0 Å². The maximum atomic E-state index is 11.9. The summed E-state index contributed by atoms with van der Waals surface area (Å²) >= 11 is 1.53. The number of nitrogens with zero attached hydrogens (tertiary/aromatic N) is 1. The minimum atomic E-state index is -0.509. The van der Waals surface area contributed by atoms with E-state index in [4.69, 9.17) is 4.74 Å². The molecule has 0 fully saturated rings. The zero-order valence-electron chi connectivity index (χ0n) is 12.9. The van der Waals surface area contributed by atoms with Gasteiger partial charge in [0, 0.05) is 24.7 Å². The third-order valence-electron chi connectivity index (χ3n) is 2.52. The number of hydrogen-bond acceptors (Lipinski definition) is 5. The van der Waals surface area contributed by atoms with E-state index in [-0.39, 0.29) is 5.78 Å². The summed E-state index contributed by atoms with van der Waals surface area (Å²) in [6.45, 7) is 5.83. The molecule has 0 spiro atoms. The van der Waals surface area contributed by atoms with E-state index >= 15 is 0 Å². The SMILES string of the molecule is CSc1ccc(C(=O)CCCNC(=O)OC(C)(C)C)cn1. The Labute approximate surface area is 129 Å². The predicted molar refractivity (Wildman–Crippen MR) is 83.8 cm³/mol. The largest absolute Gasteiger partial charge is 0.444 e. The van der Waals surface area contributed by atoms with Crippen LogP contribution in [0.5, 0.6) is 0 Å². The van der Waals surface area contributed by atoms with Crippen LogP contribution < -0.4 is 5.32 Å². The van der Waals surface area contributed by atoms with Crippen molar-refractivity contribution in [2.24, 2.45) is 0 Å². The summed E-state index contributed by atoms with van der Waals surface area (Å²) in [6, 6.07) is 3.61. The molecular weight excluding hydrogens is 288 g/mol. The fourth-order valence-corrected chi connectivity index (χ4v) is 1.93. The minimum absolute atomic E-state index is 0.0288. The number of amides is 1. The Bertz CT molecular complexity index is 481. The first-order chi connectivity index (χ1) is 9.81. The first-order valence-corrected chi connectivity index (χ1v) is 8.04. The zero-order chi connectivity index (χ0) is 15.9. The number of carbonyl (C=O) groups is 2. The van der Waals surface area contributed by atoms with Crippen LogP contribution in [0, 0.1) is 0 Å². The summed E-state index contributed by atoms with van der Waals surface area (Å²) in [4.78, 5) is 27.5. The van der Waals surface area contributed by atoms with E-state index in [1.165, 1.54) is 11.8 Å². The van der Waals surface area contributed by atoms with E-state index in [9.17, 15) is 9.59 Å². The van der Waals surface area contributed by atoms with Gasteiger partial charge < -0.3 is 10.1 Å². The molecule has 0 saturated heterocycles. The molecule has 0 atom stereocenters. The van der Waals surface area contributed by atoms with Crippen molar-refractivity contribution in [3.8, 4) is 0 Å². The number of aromatic nitrogens is 1. The number of carbonyl (C=O) groups excluding carboxylic acids is 2. The number of thioether (sulfide) groups is 1. The van der Waals surface area contributed by atoms with Gasteiger partial charge in [0.05, 0.1) is 5.03 Å². The quantitative estimate of drug-likeness (QED) is 0.496. The standard InChI is InChI=1S/C15H22N2O3S/c1-15(2,3)20-14(19)16-9-5-6-12(18)11-7-8-13(21-4)17-10-11/h7-8,10H,5-6,9H2,1-4H3,(H,16,19). The van der Waals surface area contributed by atoms with E-state index in [1.807, 2.05) is 12.3 Å². The molecule has 1 rings (SSSR count). The van der Waals surface area contributed by atoms with Crippen LogP contribution in [0.25, 0.3) is 0 Å². The van der Waals surface area contributed by atoms with Gasteiger partial charge in [0.1, 0.15) is 5.60 Å². The molecule has 1 aromatic rings. The number of pyridine rings is 1. The molecule has 116 valence electrons. The number of Topliss-reactive ketones (excluding diaryl/α,β-unsaturated/α-hetero) is 1. The van der Waals surface area contributed by atoms with Crippen LogP contribution in [0.15, 0.2) is 23.4 Å². The average Bonchev–Trinajstić information content (AvgIpc) is 2.41. The Morgan fingerprint density at radius 3 is 2.57 bits per heavy atom. The van der Waals surface area contributed by atoms with Crippen LogP contribution in [0.4, 0.5) is 4.79 Å². The lowest BCUT2D eigenvalue weighted by molar-refractivity contribution is 0.0525. The molecule has 1 N–H and O–H groups in total. The Hall–Kier alpha value is -1.56. The third-order valence-corrected chi connectivity index (χ3v) is 3.18. The fourth-order valence-electron chi connectivity index (χ4n) is 1.56. The van der Waals surface area contributed by atoms with Crippen LogP contribution in [-0.4, -0.2) is 35.3 Å². The van der Waals surface area contributed by atoms with Gasteiger partial charge in [0.2, 0.25) is 0 Å². The monoisotopic (exact) mass is 310 g/mol. The van der Waals surface area contributed by atoms with Crippen molar-refractivity contribution >= 4 is 23.6 Å². The van der Waals surface area contributed by atoms with Gasteiger partial charge in [0.25, 0.3) is 0 Å². The van der Waals surface area contributed by atoms with Gasteiger partial charge in [-0.15, -0.1) is 11.8 Å². The number of ketones is 1. The van der Waals surface area contributed by atoms with Gasteiger partial charge in [-0.25, -0.2) is 9.78 Å². The first kappa shape index (κ1) is 17.5. The molecule has 0 radical (unpaired) electrons. The molecule has 1 aromatic heterocycles. The van der Waals surface area contributed by atoms with Crippen LogP contribution in [0.3, 0.4) is 0 Å². The van der Waals surface area contributed by atoms with Gasteiger partial charge in [-0.1, -0.05) is 0 Å². The van der Waals surface area contributed by atoms with Gasteiger partial charge in [-0.3, -0.25) is 4.79 Å². The third kappa shape index (κ3) is 7.13. The number of alkyl carbamates (subject to hydrolysis) is 1. The lowest BCUT2D eigenvalue weighted by Crippen LogP contribution is -2.33. The molecule has 0 unspecified atom stereocenters. The van der Waals surface area contributed by atoms with Crippen molar-refractivity contribution in [2.75, 3.05) is 12.8 Å². The Balaban J connectivity index is 2.28. The number of ether oxygens (including phenoxy) is 1. The second-order valence-electron chi connectivity index (χ2n) is 5.54. The smallest absolute Gasteiger partial charge is 0.407 e. The molecule has 1 heterocycles. The fraction of sp³-hybridized carbons (Fsp3) is 0.533. The van der Waals surface area contributed by atoms with Crippen molar-refractivity contribution in [2.45, 2.75) is 44.2 Å². The van der Waals surface area contributed by atoms with Crippen molar-refractivity contribution in [1.29, 1.82) is 0 Å². The number of rotatable bonds is 6. The average molecular weight is 310 g/mol. The topological polar surface area (TPSA) is 68.3 Å². The molecule has 0 aliphatic heterocycles. The Morgan fingerprint density at radius 1 is 1.33 bits per heavy atom. The van der Waals surface area contributed by atoms with E-state index < -0.39 is 11.7 Å². The molecule has 1 amide bonds. The second kappa shape index (κ2) is 8.02. The maximum absolute atomic E-state index is 11.9. The highest BCUT2D eigenvalue weighted by atomic mass is 32.2. The van der Waals surface area contributed by atoms with Crippen molar-refractivity contribution < 1.29 is 14.3 Å².